The fourth-order valence-electron chi connectivity index (χ4n) is 2.31. The molecule has 0 N–H and O–H groups in total. The summed E-state index contributed by atoms with van der Waals surface area (Å²) in [6.07, 6.45) is 3.48. The number of nitrogens with zero attached hydrogens (tertiary/aromatic N) is 3. The van der Waals surface area contributed by atoms with Gasteiger partial charge in [-0.05, 0) is 30.4 Å². The number of thiophene rings is 1. The lowest BCUT2D eigenvalue weighted by Crippen LogP contribution is -2.44. The van der Waals surface area contributed by atoms with E-state index in [-0.39, 0.29) is 12.0 Å². The van der Waals surface area contributed by atoms with Gasteiger partial charge in [-0.25, -0.2) is 0 Å². The highest BCUT2D eigenvalue weighted by molar-refractivity contribution is 7.08. The minimum atomic E-state index is -0.0111. The van der Waals surface area contributed by atoms with Crippen LogP contribution in [0.15, 0.2) is 35.2 Å². The second-order valence-electron chi connectivity index (χ2n) is 4.71. The van der Waals surface area contributed by atoms with Crippen molar-refractivity contribution in [3.05, 3.63) is 40.7 Å². The standard InChI is InChI=1S/C14H15N3O2S/c18-14(11-5-8-20-10-11)17-7-2-3-12(9-17)19-13-4-1-6-15-16-13/h1,4-6,8,10,12H,2-3,7,9H2/t12-/m1/s1. The van der Waals surface area contributed by atoms with E-state index in [0.717, 1.165) is 24.9 Å². The maximum Gasteiger partial charge on any atom is 0.254 e. The fraction of sp³-hybridized carbons (Fsp3) is 0.357. The molecular weight excluding hydrogens is 274 g/mol. The van der Waals surface area contributed by atoms with Gasteiger partial charge in [-0.15, -0.1) is 5.10 Å². The first-order chi connectivity index (χ1) is 9.83. The van der Waals surface area contributed by atoms with Gasteiger partial charge in [-0.2, -0.15) is 16.4 Å². The number of rotatable bonds is 3. The molecule has 2 aromatic rings. The number of hydrogen-bond acceptors (Lipinski definition) is 5. The van der Waals surface area contributed by atoms with Crippen LogP contribution in [-0.2, 0) is 0 Å². The first-order valence-corrected chi connectivity index (χ1v) is 7.53. The molecule has 1 atom stereocenters. The van der Waals surface area contributed by atoms with Crippen molar-refractivity contribution in [3.63, 3.8) is 0 Å². The van der Waals surface area contributed by atoms with E-state index < -0.39 is 0 Å². The van der Waals surface area contributed by atoms with Gasteiger partial charge in [0.2, 0.25) is 5.88 Å². The van der Waals surface area contributed by atoms with Crippen molar-refractivity contribution in [2.75, 3.05) is 13.1 Å². The Kier molecular flexibility index (Phi) is 3.92. The van der Waals surface area contributed by atoms with Crippen LogP contribution in [0, 0.1) is 0 Å². The molecular formula is C14H15N3O2S. The molecule has 5 nitrogen and oxygen atoms in total. The average molecular weight is 289 g/mol. The summed E-state index contributed by atoms with van der Waals surface area (Å²) in [6.45, 7) is 1.39. The van der Waals surface area contributed by atoms with Crippen LogP contribution in [0.25, 0.3) is 0 Å². The fourth-order valence-corrected chi connectivity index (χ4v) is 2.94. The van der Waals surface area contributed by atoms with E-state index in [9.17, 15) is 4.79 Å². The predicted molar refractivity (Wildman–Crippen MR) is 75.9 cm³/mol. The lowest BCUT2D eigenvalue weighted by Gasteiger charge is -2.32. The Bertz CT molecular complexity index is 559. The molecule has 104 valence electrons. The second-order valence-corrected chi connectivity index (χ2v) is 5.49. The van der Waals surface area contributed by atoms with E-state index in [2.05, 4.69) is 10.2 Å². The number of carbonyl (C=O) groups excluding carboxylic acids is 1. The Morgan fingerprint density at radius 2 is 2.40 bits per heavy atom. The maximum atomic E-state index is 12.3. The summed E-state index contributed by atoms with van der Waals surface area (Å²) in [5, 5.41) is 11.5. The first-order valence-electron chi connectivity index (χ1n) is 6.59. The molecule has 3 rings (SSSR count). The van der Waals surface area contributed by atoms with Crippen molar-refractivity contribution in [2.45, 2.75) is 18.9 Å². The van der Waals surface area contributed by atoms with Crippen molar-refractivity contribution in [1.29, 1.82) is 0 Å². The van der Waals surface area contributed by atoms with E-state index >= 15 is 0 Å². The zero-order chi connectivity index (χ0) is 13.8. The van der Waals surface area contributed by atoms with Crippen molar-refractivity contribution < 1.29 is 9.53 Å². The summed E-state index contributed by atoms with van der Waals surface area (Å²) < 4.78 is 5.79. The third-order valence-electron chi connectivity index (χ3n) is 3.27. The monoisotopic (exact) mass is 289 g/mol. The SMILES string of the molecule is O=C(c1ccsc1)N1CCC[C@@H](Oc2cccnn2)C1. The lowest BCUT2D eigenvalue weighted by atomic mass is 10.1. The van der Waals surface area contributed by atoms with Gasteiger partial charge in [0.15, 0.2) is 0 Å². The summed E-state index contributed by atoms with van der Waals surface area (Å²) in [5.41, 5.74) is 0.759. The molecule has 1 amide bonds. The molecule has 0 spiro atoms. The smallest absolute Gasteiger partial charge is 0.254 e. The summed E-state index contributed by atoms with van der Waals surface area (Å²) in [6, 6.07) is 5.44. The molecule has 0 bridgehead atoms. The van der Waals surface area contributed by atoms with Crippen LogP contribution in [0.1, 0.15) is 23.2 Å². The third-order valence-corrected chi connectivity index (χ3v) is 3.95. The molecule has 3 heterocycles. The molecule has 1 saturated heterocycles. The third kappa shape index (κ3) is 2.96. The van der Waals surface area contributed by atoms with Gasteiger partial charge >= 0.3 is 0 Å². The Hall–Kier alpha value is -1.95. The molecule has 1 aliphatic rings. The van der Waals surface area contributed by atoms with E-state index in [1.807, 2.05) is 21.7 Å². The van der Waals surface area contributed by atoms with Crippen LogP contribution < -0.4 is 4.74 Å². The molecule has 0 radical (unpaired) electrons. The normalized spacial score (nSPS) is 18.8. The van der Waals surface area contributed by atoms with E-state index in [0.29, 0.717) is 12.4 Å². The van der Waals surface area contributed by atoms with Crippen LogP contribution >= 0.6 is 11.3 Å². The quantitative estimate of drug-likeness (QED) is 0.869. The number of ether oxygens (including phenoxy) is 1. The second kappa shape index (κ2) is 6.00. The Morgan fingerprint density at radius 1 is 1.45 bits per heavy atom. The van der Waals surface area contributed by atoms with Gasteiger partial charge in [0, 0.05) is 24.2 Å². The minimum absolute atomic E-state index is 0.0111. The largest absolute Gasteiger partial charge is 0.471 e. The molecule has 1 aliphatic heterocycles. The number of likely N-dealkylation sites (tertiary alicyclic amines) is 1. The molecule has 0 unspecified atom stereocenters. The zero-order valence-corrected chi connectivity index (χ0v) is 11.8. The van der Waals surface area contributed by atoms with Gasteiger partial charge < -0.3 is 9.64 Å². The molecule has 20 heavy (non-hydrogen) atoms. The van der Waals surface area contributed by atoms with Crippen LogP contribution in [0.3, 0.4) is 0 Å². The van der Waals surface area contributed by atoms with Crippen molar-refractivity contribution in [3.8, 4) is 5.88 Å². The summed E-state index contributed by atoms with van der Waals surface area (Å²) >= 11 is 1.54. The Balaban J connectivity index is 1.63. The Morgan fingerprint density at radius 3 is 3.15 bits per heavy atom. The van der Waals surface area contributed by atoms with Crippen LogP contribution in [-0.4, -0.2) is 40.2 Å². The summed E-state index contributed by atoms with van der Waals surface area (Å²) in [5.74, 6) is 0.598. The topological polar surface area (TPSA) is 55.3 Å². The summed E-state index contributed by atoms with van der Waals surface area (Å²) in [7, 11) is 0. The van der Waals surface area contributed by atoms with Gasteiger partial charge in [0.1, 0.15) is 6.10 Å². The molecule has 0 aliphatic carbocycles. The first kappa shape index (κ1) is 13.1. The Labute approximate surface area is 121 Å². The van der Waals surface area contributed by atoms with Crippen LogP contribution in [0.4, 0.5) is 0 Å². The summed E-state index contributed by atoms with van der Waals surface area (Å²) in [4.78, 5) is 14.2. The highest BCUT2D eigenvalue weighted by Gasteiger charge is 2.26. The predicted octanol–water partition coefficient (Wildman–Crippen LogP) is 2.22. The number of carbonyl (C=O) groups is 1. The highest BCUT2D eigenvalue weighted by Crippen LogP contribution is 2.18. The van der Waals surface area contributed by atoms with Crippen molar-refractivity contribution in [2.24, 2.45) is 0 Å². The van der Waals surface area contributed by atoms with Gasteiger partial charge in [-0.3, -0.25) is 4.79 Å². The number of aromatic nitrogens is 2. The van der Waals surface area contributed by atoms with E-state index in [1.54, 1.807) is 18.3 Å². The van der Waals surface area contributed by atoms with E-state index in [4.69, 9.17) is 4.74 Å². The number of amides is 1. The average Bonchev–Trinajstić information content (AvgIpc) is 3.02. The number of hydrogen-bond donors (Lipinski definition) is 0. The maximum absolute atomic E-state index is 12.3. The van der Waals surface area contributed by atoms with Crippen molar-refractivity contribution in [1.82, 2.24) is 15.1 Å². The van der Waals surface area contributed by atoms with E-state index in [1.165, 1.54) is 11.3 Å². The molecule has 1 fully saturated rings. The van der Waals surface area contributed by atoms with Gasteiger partial charge in [0.25, 0.3) is 5.91 Å². The van der Waals surface area contributed by atoms with Gasteiger partial charge in [-0.1, -0.05) is 0 Å². The van der Waals surface area contributed by atoms with Crippen molar-refractivity contribution >= 4 is 17.2 Å². The van der Waals surface area contributed by atoms with Crippen LogP contribution in [0.2, 0.25) is 0 Å². The molecule has 0 aromatic carbocycles. The lowest BCUT2D eigenvalue weighted by molar-refractivity contribution is 0.0526. The van der Waals surface area contributed by atoms with Crippen LogP contribution in [0.5, 0.6) is 5.88 Å². The number of piperidine rings is 1. The minimum Gasteiger partial charge on any atom is -0.471 e. The highest BCUT2D eigenvalue weighted by atomic mass is 32.1. The molecule has 6 heteroatoms. The molecule has 0 saturated carbocycles. The molecule has 2 aromatic heterocycles. The van der Waals surface area contributed by atoms with Gasteiger partial charge in [0.05, 0.1) is 12.1 Å². The zero-order valence-electron chi connectivity index (χ0n) is 10.9.